The normalized spacial score (nSPS) is 12.8. The molecule has 2 rings (SSSR count). The molecule has 0 saturated heterocycles. The van der Waals surface area contributed by atoms with Gasteiger partial charge in [-0.1, -0.05) is 6.07 Å². The van der Waals surface area contributed by atoms with Gasteiger partial charge in [0.1, 0.15) is 5.82 Å². The molecule has 1 heterocycles. The molecule has 0 saturated carbocycles. The highest BCUT2D eigenvalue weighted by atomic mass is 16.4. The maximum atomic E-state index is 10.4. The van der Waals surface area contributed by atoms with Crippen molar-refractivity contribution in [1.29, 1.82) is 0 Å². The van der Waals surface area contributed by atoms with Crippen LogP contribution in [-0.2, 0) is 4.79 Å². The lowest BCUT2D eigenvalue weighted by molar-refractivity contribution is -0.137. The lowest BCUT2D eigenvalue weighted by Crippen LogP contribution is -2.10. The molecule has 4 N–H and O–H groups in total. The summed E-state index contributed by atoms with van der Waals surface area (Å²) in [7, 11) is 0. The zero-order valence-electron chi connectivity index (χ0n) is 10.3. The summed E-state index contributed by atoms with van der Waals surface area (Å²) in [6.45, 7) is 1.91. The van der Waals surface area contributed by atoms with Gasteiger partial charge in [0.15, 0.2) is 0 Å². The standard InChI is InChI=1S/C13H17N3O2/c1-8-15-11-6-5-9(7-12(11)16-8)10(14)3-2-4-13(17)18/h5-7,10H,2-4,14H2,1H3,(H,15,16)(H,17,18). The van der Waals surface area contributed by atoms with Crippen LogP contribution in [0.4, 0.5) is 0 Å². The minimum atomic E-state index is -0.776. The van der Waals surface area contributed by atoms with Crippen molar-refractivity contribution in [3.8, 4) is 0 Å². The average Bonchev–Trinajstić information content (AvgIpc) is 2.67. The molecule has 18 heavy (non-hydrogen) atoms. The molecule has 2 aromatic rings. The van der Waals surface area contributed by atoms with Gasteiger partial charge in [-0.3, -0.25) is 4.79 Å². The molecule has 1 unspecified atom stereocenters. The molecule has 0 aliphatic heterocycles. The molecule has 5 heteroatoms. The first-order chi connectivity index (χ1) is 8.56. The van der Waals surface area contributed by atoms with Crippen LogP contribution in [0.1, 0.15) is 36.7 Å². The lowest BCUT2D eigenvalue weighted by Gasteiger charge is -2.11. The summed E-state index contributed by atoms with van der Waals surface area (Å²) in [5.74, 6) is 0.100. The van der Waals surface area contributed by atoms with Gasteiger partial charge in [0.2, 0.25) is 0 Å². The number of aromatic amines is 1. The fraction of sp³-hybridized carbons (Fsp3) is 0.385. The molecule has 0 aliphatic rings. The third-order valence-electron chi connectivity index (χ3n) is 2.96. The summed E-state index contributed by atoms with van der Waals surface area (Å²) < 4.78 is 0. The van der Waals surface area contributed by atoms with Gasteiger partial charge in [-0.25, -0.2) is 4.98 Å². The van der Waals surface area contributed by atoms with Crippen LogP contribution in [0.5, 0.6) is 0 Å². The number of nitrogens with two attached hydrogens (primary N) is 1. The van der Waals surface area contributed by atoms with Crippen LogP contribution in [0.15, 0.2) is 18.2 Å². The number of nitrogens with zero attached hydrogens (tertiary/aromatic N) is 1. The van der Waals surface area contributed by atoms with Gasteiger partial charge >= 0.3 is 5.97 Å². The van der Waals surface area contributed by atoms with E-state index in [4.69, 9.17) is 10.8 Å². The summed E-state index contributed by atoms with van der Waals surface area (Å²) in [6, 6.07) is 5.75. The van der Waals surface area contributed by atoms with E-state index in [2.05, 4.69) is 9.97 Å². The Morgan fingerprint density at radius 1 is 1.56 bits per heavy atom. The first-order valence-electron chi connectivity index (χ1n) is 6.00. The van der Waals surface area contributed by atoms with E-state index >= 15 is 0 Å². The summed E-state index contributed by atoms with van der Waals surface area (Å²) in [5.41, 5.74) is 8.96. The van der Waals surface area contributed by atoms with Crippen molar-refractivity contribution in [3.63, 3.8) is 0 Å². The van der Waals surface area contributed by atoms with Gasteiger partial charge in [0.05, 0.1) is 11.0 Å². The Balaban J connectivity index is 2.07. The predicted molar refractivity (Wildman–Crippen MR) is 69.2 cm³/mol. The van der Waals surface area contributed by atoms with Crippen molar-refractivity contribution in [2.75, 3.05) is 0 Å². The molecule has 5 nitrogen and oxygen atoms in total. The molecule has 1 aromatic heterocycles. The van der Waals surface area contributed by atoms with Gasteiger partial charge in [-0.15, -0.1) is 0 Å². The number of hydrogen-bond acceptors (Lipinski definition) is 3. The molecule has 1 atom stereocenters. The number of carboxylic acids is 1. The van der Waals surface area contributed by atoms with Gasteiger partial charge in [0.25, 0.3) is 0 Å². The van der Waals surface area contributed by atoms with E-state index in [1.165, 1.54) is 0 Å². The van der Waals surface area contributed by atoms with Crippen LogP contribution in [0.2, 0.25) is 0 Å². The van der Waals surface area contributed by atoms with E-state index in [0.29, 0.717) is 12.8 Å². The van der Waals surface area contributed by atoms with Gasteiger partial charge < -0.3 is 15.8 Å². The monoisotopic (exact) mass is 247 g/mol. The van der Waals surface area contributed by atoms with Crippen LogP contribution < -0.4 is 5.73 Å². The topological polar surface area (TPSA) is 92.0 Å². The number of nitrogens with one attached hydrogen (secondary N) is 1. The van der Waals surface area contributed by atoms with E-state index in [-0.39, 0.29) is 12.5 Å². The quantitative estimate of drug-likeness (QED) is 0.754. The van der Waals surface area contributed by atoms with E-state index < -0.39 is 5.97 Å². The van der Waals surface area contributed by atoms with Crippen LogP contribution in [0.3, 0.4) is 0 Å². The van der Waals surface area contributed by atoms with E-state index in [0.717, 1.165) is 22.4 Å². The number of carbonyl (C=O) groups is 1. The van der Waals surface area contributed by atoms with E-state index in [1.807, 2.05) is 25.1 Å². The van der Waals surface area contributed by atoms with Crippen molar-refractivity contribution in [2.45, 2.75) is 32.2 Å². The lowest BCUT2D eigenvalue weighted by atomic mass is 10.0. The predicted octanol–water partition coefficient (Wildman–Crippen LogP) is 2.13. The molecule has 96 valence electrons. The van der Waals surface area contributed by atoms with Crippen LogP contribution >= 0.6 is 0 Å². The molecule has 0 bridgehead atoms. The molecule has 0 fully saturated rings. The minimum absolute atomic E-state index is 0.127. The summed E-state index contributed by atoms with van der Waals surface area (Å²) in [4.78, 5) is 17.9. The average molecular weight is 247 g/mol. The Labute approximate surface area is 105 Å². The third kappa shape index (κ3) is 2.87. The second-order valence-corrected chi connectivity index (χ2v) is 4.49. The van der Waals surface area contributed by atoms with E-state index in [9.17, 15) is 4.79 Å². The zero-order chi connectivity index (χ0) is 13.1. The van der Waals surface area contributed by atoms with Crippen molar-refractivity contribution in [2.24, 2.45) is 5.73 Å². The van der Waals surface area contributed by atoms with Crippen LogP contribution in [0, 0.1) is 6.92 Å². The van der Waals surface area contributed by atoms with Crippen molar-refractivity contribution < 1.29 is 9.90 Å². The number of carboxylic acid groups (broad SMARTS) is 1. The van der Waals surface area contributed by atoms with Gasteiger partial charge in [0, 0.05) is 12.5 Å². The third-order valence-corrected chi connectivity index (χ3v) is 2.96. The maximum Gasteiger partial charge on any atom is 0.303 e. The zero-order valence-corrected chi connectivity index (χ0v) is 10.3. The highest BCUT2D eigenvalue weighted by Crippen LogP contribution is 2.21. The SMILES string of the molecule is Cc1nc2ccc(C(N)CCCC(=O)O)cc2[nH]1. The number of aromatic nitrogens is 2. The maximum absolute atomic E-state index is 10.4. The molecule has 0 amide bonds. The second-order valence-electron chi connectivity index (χ2n) is 4.49. The Morgan fingerprint density at radius 2 is 2.33 bits per heavy atom. The van der Waals surface area contributed by atoms with Crippen molar-refractivity contribution >= 4 is 17.0 Å². The summed E-state index contributed by atoms with van der Waals surface area (Å²) in [5, 5.41) is 8.59. The fourth-order valence-corrected chi connectivity index (χ4v) is 2.03. The van der Waals surface area contributed by atoms with Gasteiger partial charge in [-0.2, -0.15) is 0 Å². The first-order valence-corrected chi connectivity index (χ1v) is 6.00. The fourth-order valence-electron chi connectivity index (χ4n) is 2.03. The highest BCUT2D eigenvalue weighted by molar-refractivity contribution is 5.76. The second kappa shape index (κ2) is 5.18. The summed E-state index contributed by atoms with van der Waals surface area (Å²) in [6.07, 6.45) is 1.43. The van der Waals surface area contributed by atoms with E-state index in [1.54, 1.807) is 0 Å². The molecular weight excluding hydrogens is 230 g/mol. The smallest absolute Gasteiger partial charge is 0.303 e. The van der Waals surface area contributed by atoms with Gasteiger partial charge in [-0.05, 0) is 37.5 Å². The van der Waals surface area contributed by atoms with Crippen LogP contribution in [0.25, 0.3) is 11.0 Å². The van der Waals surface area contributed by atoms with Crippen molar-refractivity contribution in [1.82, 2.24) is 9.97 Å². The summed E-state index contributed by atoms with van der Waals surface area (Å²) >= 11 is 0. The number of aryl methyl sites for hydroxylation is 1. The minimum Gasteiger partial charge on any atom is -0.481 e. The van der Waals surface area contributed by atoms with Crippen molar-refractivity contribution in [3.05, 3.63) is 29.6 Å². The molecule has 0 radical (unpaired) electrons. The number of imidazole rings is 1. The molecule has 1 aromatic carbocycles. The Bertz CT molecular complexity index is 562. The van der Waals surface area contributed by atoms with Crippen LogP contribution in [-0.4, -0.2) is 21.0 Å². The number of hydrogen-bond donors (Lipinski definition) is 3. The number of rotatable bonds is 5. The molecule has 0 spiro atoms. The number of aliphatic carboxylic acids is 1. The number of H-pyrrole nitrogens is 1. The first kappa shape index (κ1) is 12.6. The Kier molecular flexibility index (Phi) is 3.62. The Hall–Kier alpha value is -1.88. The Morgan fingerprint density at radius 3 is 3.06 bits per heavy atom. The molecule has 0 aliphatic carbocycles. The number of fused-ring (bicyclic) bond motifs is 1. The number of benzene rings is 1. The largest absolute Gasteiger partial charge is 0.481 e. The highest BCUT2D eigenvalue weighted by Gasteiger charge is 2.09. The molecular formula is C13H17N3O2.